The fourth-order valence-corrected chi connectivity index (χ4v) is 2.80. The molecule has 1 aromatic carbocycles. The van der Waals surface area contributed by atoms with Gasteiger partial charge in [0.15, 0.2) is 23.0 Å². The van der Waals surface area contributed by atoms with Crippen LogP contribution in [-0.2, 0) is 6.54 Å². The first kappa shape index (κ1) is 18.3. The van der Waals surface area contributed by atoms with E-state index in [1.54, 1.807) is 35.1 Å². The van der Waals surface area contributed by atoms with Crippen LogP contribution in [0.1, 0.15) is 5.56 Å². The van der Waals surface area contributed by atoms with Gasteiger partial charge in [0.1, 0.15) is 11.5 Å². The quantitative estimate of drug-likeness (QED) is 0.546. The summed E-state index contributed by atoms with van der Waals surface area (Å²) >= 11 is 0. The number of hydrogen-bond donors (Lipinski definition) is 2. The Morgan fingerprint density at radius 3 is 2.83 bits per heavy atom. The Labute approximate surface area is 164 Å². The lowest BCUT2D eigenvalue weighted by atomic mass is 10.2. The maximum absolute atomic E-state index is 14.1. The molecule has 0 radical (unpaired) electrons. The number of nitrogen functional groups attached to an aromatic ring is 1. The Hall–Kier alpha value is -4.08. The lowest BCUT2D eigenvalue weighted by molar-refractivity contribution is 0.203. The van der Waals surface area contributed by atoms with Crippen molar-refractivity contribution in [3.63, 3.8) is 0 Å². The average molecular weight is 393 g/mol. The summed E-state index contributed by atoms with van der Waals surface area (Å²) in [4.78, 5) is 24.1. The Morgan fingerprint density at radius 2 is 2.07 bits per heavy atom. The number of rotatable bonds is 4. The third-order valence-corrected chi connectivity index (χ3v) is 4.19. The van der Waals surface area contributed by atoms with Crippen molar-refractivity contribution in [1.29, 1.82) is 0 Å². The molecule has 0 spiro atoms. The molecule has 3 aromatic heterocycles. The highest BCUT2D eigenvalue weighted by Crippen LogP contribution is 2.28. The molecule has 3 N–H and O–H groups in total. The molecule has 0 atom stereocenters. The van der Waals surface area contributed by atoms with E-state index in [-0.39, 0.29) is 29.8 Å². The van der Waals surface area contributed by atoms with Crippen molar-refractivity contribution < 1.29 is 13.9 Å². The molecule has 9 nitrogen and oxygen atoms in total. The SMILES string of the molecule is CNC(=O)Oc1cnc(-c2nn(Cc3ccccc3F)c3ncccc23)nc1N. The van der Waals surface area contributed by atoms with Crippen LogP contribution in [0.2, 0.25) is 0 Å². The Kier molecular flexibility index (Phi) is 4.73. The highest BCUT2D eigenvalue weighted by molar-refractivity contribution is 5.89. The summed E-state index contributed by atoms with van der Waals surface area (Å²) in [5.41, 5.74) is 7.36. The van der Waals surface area contributed by atoms with Crippen LogP contribution in [0, 0.1) is 5.82 Å². The molecule has 0 saturated heterocycles. The Bertz CT molecular complexity index is 1210. The van der Waals surface area contributed by atoms with Crippen molar-refractivity contribution in [1.82, 2.24) is 30.0 Å². The number of nitrogens with one attached hydrogen (secondary N) is 1. The van der Waals surface area contributed by atoms with Crippen molar-refractivity contribution in [2.75, 3.05) is 12.8 Å². The molecule has 0 fully saturated rings. The van der Waals surface area contributed by atoms with Gasteiger partial charge in [-0.2, -0.15) is 5.10 Å². The lowest BCUT2D eigenvalue weighted by Crippen LogP contribution is -2.22. The first-order chi connectivity index (χ1) is 14.1. The van der Waals surface area contributed by atoms with Crippen LogP contribution in [0.4, 0.5) is 15.0 Å². The number of anilines is 1. The number of benzene rings is 1. The van der Waals surface area contributed by atoms with Crippen LogP contribution in [0.5, 0.6) is 5.75 Å². The van der Waals surface area contributed by atoms with Gasteiger partial charge >= 0.3 is 6.09 Å². The van der Waals surface area contributed by atoms with E-state index in [1.807, 2.05) is 6.07 Å². The minimum atomic E-state index is -0.683. The van der Waals surface area contributed by atoms with Crippen LogP contribution in [-0.4, -0.2) is 37.9 Å². The molecule has 4 aromatic rings. The van der Waals surface area contributed by atoms with Crippen LogP contribution in [0.15, 0.2) is 48.8 Å². The second-order valence-corrected chi connectivity index (χ2v) is 6.05. The molecule has 3 heterocycles. The number of nitrogens with zero attached hydrogens (tertiary/aromatic N) is 5. The van der Waals surface area contributed by atoms with Crippen molar-refractivity contribution in [2.24, 2.45) is 0 Å². The molecule has 0 aliphatic heterocycles. The van der Waals surface area contributed by atoms with E-state index in [4.69, 9.17) is 10.5 Å². The molecule has 0 saturated carbocycles. The zero-order valence-corrected chi connectivity index (χ0v) is 15.3. The van der Waals surface area contributed by atoms with Gasteiger partial charge in [-0.05, 0) is 18.2 Å². The number of fused-ring (bicyclic) bond motifs is 1. The summed E-state index contributed by atoms with van der Waals surface area (Å²) in [5.74, 6) is -0.0810. The lowest BCUT2D eigenvalue weighted by Gasteiger charge is -2.06. The maximum Gasteiger partial charge on any atom is 0.412 e. The van der Waals surface area contributed by atoms with Gasteiger partial charge in [0.2, 0.25) is 0 Å². The largest absolute Gasteiger partial charge is 0.412 e. The van der Waals surface area contributed by atoms with E-state index in [9.17, 15) is 9.18 Å². The third kappa shape index (κ3) is 3.55. The summed E-state index contributed by atoms with van der Waals surface area (Å²) in [6.07, 6.45) is 2.24. The number of aromatic nitrogens is 5. The van der Waals surface area contributed by atoms with Gasteiger partial charge in [0, 0.05) is 18.8 Å². The van der Waals surface area contributed by atoms with Crippen molar-refractivity contribution >= 4 is 22.9 Å². The van der Waals surface area contributed by atoms with E-state index in [0.29, 0.717) is 22.3 Å². The number of carbonyl (C=O) groups is 1. The number of ether oxygens (including phenoxy) is 1. The molecular formula is C19H16FN7O2. The van der Waals surface area contributed by atoms with Gasteiger partial charge in [0.25, 0.3) is 0 Å². The predicted octanol–water partition coefficient (Wildman–Crippen LogP) is 2.38. The van der Waals surface area contributed by atoms with Gasteiger partial charge in [-0.25, -0.2) is 28.8 Å². The van der Waals surface area contributed by atoms with Gasteiger partial charge in [-0.15, -0.1) is 0 Å². The van der Waals surface area contributed by atoms with E-state index >= 15 is 0 Å². The number of halogens is 1. The van der Waals surface area contributed by atoms with Crippen molar-refractivity contribution in [3.8, 4) is 17.3 Å². The van der Waals surface area contributed by atoms with Crippen molar-refractivity contribution in [2.45, 2.75) is 6.54 Å². The zero-order chi connectivity index (χ0) is 20.4. The van der Waals surface area contributed by atoms with Gasteiger partial charge in [0.05, 0.1) is 18.1 Å². The van der Waals surface area contributed by atoms with E-state index in [0.717, 1.165) is 0 Å². The van der Waals surface area contributed by atoms with Gasteiger partial charge in [-0.3, -0.25) is 0 Å². The van der Waals surface area contributed by atoms with E-state index in [1.165, 1.54) is 19.3 Å². The molecule has 146 valence electrons. The van der Waals surface area contributed by atoms with E-state index in [2.05, 4.69) is 25.4 Å². The first-order valence-corrected chi connectivity index (χ1v) is 8.64. The van der Waals surface area contributed by atoms with Crippen molar-refractivity contribution in [3.05, 3.63) is 60.2 Å². The molecule has 0 bridgehead atoms. The maximum atomic E-state index is 14.1. The molecule has 0 aliphatic carbocycles. The van der Waals surface area contributed by atoms with Gasteiger partial charge < -0.3 is 15.8 Å². The molecule has 10 heteroatoms. The Balaban J connectivity index is 1.76. The standard InChI is InChI=1S/C19H16FN7O2/c1-22-19(28)29-14-9-24-17(25-16(14)21)15-12-6-4-8-23-18(12)27(26-15)10-11-5-2-3-7-13(11)20/h2-9H,10H2,1H3,(H,22,28)(H2,21,24,25). The molecule has 0 aliphatic rings. The fraction of sp³-hybridized carbons (Fsp3) is 0.105. The monoisotopic (exact) mass is 393 g/mol. The van der Waals surface area contributed by atoms with Gasteiger partial charge in [-0.1, -0.05) is 18.2 Å². The minimum Gasteiger partial charge on any atom is -0.405 e. The summed E-state index contributed by atoms with van der Waals surface area (Å²) < 4.78 is 20.7. The third-order valence-electron chi connectivity index (χ3n) is 4.19. The second-order valence-electron chi connectivity index (χ2n) is 6.05. The number of amides is 1. The smallest absolute Gasteiger partial charge is 0.405 e. The summed E-state index contributed by atoms with van der Waals surface area (Å²) in [7, 11) is 1.43. The average Bonchev–Trinajstić information content (AvgIpc) is 3.10. The highest BCUT2D eigenvalue weighted by atomic mass is 19.1. The van der Waals surface area contributed by atoms with Crippen LogP contribution >= 0.6 is 0 Å². The first-order valence-electron chi connectivity index (χ1n) is 8.64. The number of nitrogens with two attached hydrogens (primary N) is 1. The number of pyridine rings is 1. The van der Waals surface area contributed by atoms with Crippen LogP contribution in [0.3, 0.4) is 0 Å². The summed E-state index contributed by atoms with van der Waals surface area (Å²) in [6, 6.07) is 10.0. The minimum absolute atomic E-state index is 0.0145. The fourth-order valence-electron chi connectivity index (χ4n) is 2.80. The van der Waals surface area contributed by atoms with E-state index < -0.39 is 6.09 Å². The highest BCUT2D eigenvalue weighted by Gasteiger charge is 2.18. The molecule has 29 heavy (non-hydrogen) atoms. The van der Waals surface area contributed by atoms with Crippen LogP contribution in [0.25, 0.3) is 22.6 Å². The Morgan fingerprint density at radius 1 is 1.24 bits per heavy atom. The van der Waals surface area contributed by atoms with Crippen LogP contribution < -0.4 is 15.8 Å². The normalized spacial score (nSPS) is 10.8. The second kappa shape index (κ2) is 7.50. The predicted molar refractivity (Wildman–Crippen MR) is 104 cm³/mol. The topological polar surface area (TPSA) is 121 Å². The molecule has 4 rings (SSSR count). The summed E-state index contributed by atoms with van der Waals surface area (Å²) in [5, 5.41) is 7.53. The molecule has 1 amide bonds. The molecular weight excluding hydrogens is 377 g/mol. The molecule has 0 unspecified atom stereocenters. The number of carbonyl (C=O) groups excluding carboxylic acids is 1. The number of hydrogen-bond acceptors (Lipinski definition) is 7. The zero-order valence-electron chi connectivity index (χ0n) is 15.3. The summed E-state index contributed by atoms with van der Waals surface area (Å²) in [6.45, 7) is 0.188.